The molecular formula is C14H19N3O2S. The van der Waals surface area contributed by atoms with Crippen LogP contribution in [0.4, 0.5) is 0 Å². The second kappa shape index (κ2) is 5.92. The van der Waals surface area contributed by atoms with E-state index < -0.39 is 10.0 Å². The van der Waals surface area contributed by atoms with Crippen molar-refractivity contribution in [3.8, 4) is 6.07 Å². The standard InChI is InChI=1S/C14H19N3O2S/c1-11-4-2-6-13(10-16)17(11)20(18,19)14-7-3-5-12(8-14)9-15/h3,5,7-8,11,13H,2,4,6,10,16H2,1H3. The summed E-state index contributed by atoms with van der Waals surface area (Å²) in [5.74, 6) is 0. The number of piperidine rings is 1. The van der Waals surface area contributed by atoms with Crippen molar-refractivity contribution in [2.24, 2.45) is 5.73 Å². The summed E-state index contributed by atoms with van der Waals surface area (Å²) in [7, 11) is -3.60. The second-order valence-corrected chi connectivity index (χ2v) is 6.99. The third-order valence-electron chi connectivity index (χ3n) is 3.76. The first-order chi connectivity index (χ1) is 9.50. The Morgan fingerprint density at radius 2 is 2.20 bits per heavy atom. The van der Waals surface area contributed by atoms with Crippen LogP contribution in [0.15, 0.2) is 29.2 Å². The minimum absolute atomic E-state index is 0.0620. The van der Waals surface area contributed by atoms with E-state index in [0.717, 1.165) is 19.3 Å². The summed E-state index contributed by atoms with van der Waals surface area (Å²) in [5.41, 5.74) is 6.08. The highest BCUT2D eigenvalue weighted by Gasteiger charge is 2.37. The summed E-state index contributed by atoms with van der Waals surface area (Å²) in [5, 5.41) is 8.91. The zero-order valence-electron chi connectivity index (χ0n) is 11.5. The Bertz CT molecular complexity index is 622. The lowest BCUT2D eigenvalue weighted by Crippen LogP contribution is -2.51. The van der Waals surface area contributed by atoms with Gasteiger partial charge in [0.1, 0.15) is 0 Å². The molecule has 1 aromatic rings. The molecule has 108 valence electrons. The molecule has 20 heavy (non-hydrogen) atoms. The lowest BCUT2D eigenvalue weighted by Gasteiger charge is -2.38. The van der Waals surface area contributed by atoms with Crippen molar-refractivity contribution in [2.45, 2.75) is 43.2 Å². The number of sulfonamides is 1. The number of hydrogen-bond acceptors (Lipinski definition) is 4. The van der Waals surface area contributed by atoms with Gasteiger partial charge in [0.05, 0.1) is 16.5 Å². The van der Waals surface area contributed by atoms with E-state index >= 15 is 0 Å². The van der Waals surface area contributed by atoms with E-state index in [1.807, 2.05) is 13.0 Å². The van der Waals surface area contributed by atoms with Crippen LogP contribution in [0.1, 0.15) is 31.7 Å². The van der Waals surface area contributed by atoms with Crippen molar-refractivity contribution in [3.05, 3.63) is 29.8 Å². The van der Waals surface area contributed by atoms with E-state index in [1.165, 1.54) is 16.4 Å². The summed E-state index contributed by atoms with van der Waals surface area (Å²) in [6.07, 6.45) is 2.62. The summed E-state index contributed by atoms with van der Waals surface area (Å²) >= 11 is 0. The molecule has 1 aliphatic heterocycles. The smallest absolute Gasteiger partial charge is 0.243 e. The average Bonchev–Trinajstić information content (AvgIpc) is 2.46. The van der Waals surface area contributed by atoms with Gasteiger partial charge in [-0.3, -0.25) is 0 Å². The summed E-state index contributed by atoms with van der Waals surface area (Å²) in [6, 6.07) is 7.90. The molecule has 6 heteroatoms. The van der Waals surface area contributed by atoms with Gasteiger partial charge in [-0.2, -0.15) is 9.57 Å². The van der Waals surface area contributed by atoms with Crippen molar-refractivity contribution in [3.63, 3.8) is 0 Å². The van der Waals surface area contributed by atoms with Crippen molar-refractivity contribution in [1.29, 1.82) is 5.26 Å². The van der Waals surface area contributed by atoms with E-state index in [-0.39, 0.29) is 17.0 Å². The minimum atomic E-state index is -3.60. The van der Waals surface area contributed by atoms with E-state index in [9.17, 15) is 8.42 Å². The van der Waals surface area contributed by atoms with Crippen molar-refractivity contribution >= 4 is 10.0 Å². The topological polar surface area (TPSA) is 87.2 Å². The lowest BCUT2D eigenvalue weighted by atomic mass is 10.00. The van der Waals surface area contributed by atoms with Gasteiger partial charge in [0.25, 0.3) is 0 Å². The van der Waals surface area contributed by atoms with E-state index in [1.54, 1.807) is 12.1 Å². The fourth-order valence-corrected chi connectivity index (χ4v) is 4.70. The minimum Gasteiger partial charge on any atom is -0.329 e. The van der Waals surface area contributed by atoms with Gasteiger partial charge in [-0.1, -0.05) is 12.5 Å². The predicted octanol–water partition coefficient (Wildman–Crippen LogP) is 1.45. The molecule has 0 aliphatic carbocycles. The highest BCUT2D eigenvalue weighted by atomic mass is 32.2. The van der Waals surface area contributed by atoms with Gasteiger partial charge < -0.3 is 5.73 Å². The largest absolute Gasteiger partial charge is 0.329 e. The van der Waals surface area contributed by atoms with E-state index in [4.69, 9.17) is 11.0 Å². The Balaban J connectivity index is 2.44. The first-order valence-electron chi connectivity index (χ1n) is 6.74. The van der Waals surface area contributed by atoms with E-state index in [0.29, 0.717) is 12.1 Å². The molecule has 2 unspecified atom stereocenters. The fraction of sp³-hybridized carbons (Fsp3) is 0.500. The SMILES string of the molecule is CC1CCCC(CN)N1S(=O)(=O)c1cccc(C#N)c1. The molecule has 5 nitrogen and oxygen atoms in total. The monoisotopic (exact) mass is 293 g/mol. The number of rotatable bonds is 3. The first-order valence-corrected chi connectivity index (χ1v) is 8.18. The summed E-state index contributed by atoms with van der Waals surface area (Å²) < 4.78 is 27.1. The summed E-state index contributed by atoms with van der Waals surface area (Å²) in [6.45, 7) is 2.23. The third-order valence-corrected chi connectivity index (χ3v) is 5.83. The van der Waals surface area contributed by atoms with Gasteiger partial charge in [-0.25, -0.2) is 8.42 Å². The Labute approximate surface area is 120 Å². The van der Waals surface area contributed by atoms with Gasteiger partial charge in [-0.15, -0.1) is 0 Å². The van der Waals surface area contributed by atoms with Crippen LogP contribution in [0.3, 0.4) is 0 Å². The van der Waals surface area contributed by atoms with Crippen LogP contribution < -0.4 is 5.73 Å². The molecule has 0 aromatic heterocycles. The molecule has 0 bridgehead atoms. The zero-order chi connectivity index (χ0) is 14.8. The van der Waals surface area contributed by atoms with Crippen molar-refractivity contribution in [2.75, 3.05) is 6.54 Å². The number of nitriles is 1. The van der Waals surface area contributed by atoms with Crippen molar-refractivity contribution in [1.82, 2.24) is 4.31 Å². The van der Waals surface area contributed by atoms with Crippen LogP contribution in [0, 0.1) is 11.3 Å². The van der Waals surface area contributed by atoms with Gasteiger partial charge in [0.2, 0.25) is 10.0 Å². The maximum atomic E-state index is 12.8. The number of benzene rings is 1. The maximum absolute atomic E-state index is 12.8. The molecule has 1 heterocycles. The highest BCUT2D eigenvalue weighted by molar-refractivity contribution is 7.89. The lowest BCUT2D eigenvalue weighted by molar-refractivity contribution is 0.196. The van der Waals surface area contributed by atoms with Crippen LogP contribution in [0.25, 0.3) is 0 Å². The fourth-order valence-electron chi connectivity index (χ4n) is 2.77. The zero-order valence-corrected chi connectivity index (χ0v) is 12.3. The predicted molar refractivity (Wildman–Crippen MR) is 76.3 cm³/mol. The average molecular weight is 293 g/mol. The van der Waals surface area contributed by atoms with Gasteiger partial charge >= 0.3 is 0 Å². The Morgan fingerprint density at radius 1 is 1.45 bits per heavy atom. The van der Waals surface area contributed by atoms with Crippen LogP contribution in [-0.2, 0) is 10.0 Å². The molecule has 0 spiro atoms. The Hall–Kier alpha value is -1.42. The number of nitrogens with zero attached hydrogens (tertiary/aromatic N) is 2. The molecule has 0 radical (unpaired) electrons. The first kappa shape index (κ1) is 15.0. The second-order valence-electron chi connectivity index (χ2n) is 5.14. The molecule has 0 saturated carbocycles. The van der Waals surface area contributed by atoms with Gasteiger partial charge in [-0.05, 0) is 38.0 Å². The van der Waals surface area contributed by atoms with Crippen LogP contribution in [0.5, 0.6) is 0 Å². The quantitative estimate of drug-likeness (QED) is 0.913. The van der Waals surface area contributed by atoms with Gasteiger partial charge in [0, 0.05) is 18.6 Å². The molecule has 2 rings (SSSR count). The molecule has 2 N–H and O–H groups in total. The molecule has 1 fully saturated rings. The van der Waals surface area contributed by atoms with Crippen LogP contribution >= 0.6 is 0 Å². The Morgan fingerprint density at radius 3 is 2.85 bits per heavy atom. The molecule has 0 amide bonds. The molecular weight excluding hydrogens is 274 g/mol. The van der Waals surface area contributed by atoms with E-state index in [2.05, 4.69) is 0 Å². The normalized spacial score (nSPS) is 24.2. The molecule has 1 saturated heterocycles. The number of nitrogens with two attached hydrogens (primary N) is 1. The Kier molecular flexibility index (Phi) is 4.43. The third kappa shape index (κ3) is 2.70. The summed E-state index contributed by atoms with van der Waals surface area (Å²) in [4.78, 5) is 0.170. The van der Waals surface area contributed by atoms with Crippen molar-refractivity contribution < 1.29 is 8.42 Å². The van der Waals surface area contributed by atoms with Crippen LogP contribution in [-0.4, -0.2) is 31.4 Å². The molecule has 2 atom stereocenters. The van der Waals surface area contributed by atoms with Crippen LogP contribution in [0.2, 0.25) is 0 Å². The van der Waals surface area contributed by atoms with Gasteiger partial charge in [0.15, 0.2) is 0 Å². The molecule has 1 aromatic carbocycles. The maximum Gasteiger partial charge on any atom is 0.243 e. The number of hydrogen-bond donors (Lipinski definition) is 1. The highest BCUT2D eigenvalue weighted by Crippen LogP contribution is 2.29. The molecule has 1 aliphatic rings.